The molecule has 0 aliphatic rings. The Balaban J connectivity index is 5.94. The van der Waals surface area contributed by atoms with E-state index in [1.54, 1.807) is 5.01 Å². The zero-order chi connectivity index (χ0) is 14.0. The average molecular weight is 238 g/mol. The summed E-state index contributed by atoms with van der Waals surface area (Å²) >= 11 is 0. The molecule has 17 heavy (non-hydrogen) atoms. The van der Waals surface area contributed by atoms with Gasteiger partial charge in [-0.2, -0.15) is 0 Å². The third-order valence-electron chi connectivity index (χ3n) is 3.01. The third kappa shape index (κ3) is 4.19. The van der Waals surface area contributed by atoms with Gasteiger partial charge in [0, 0.05) is 12.7 Å². The lowest BCUT2D eigenvalue weighted by Gasteiger charge is -2.36. The van der Waals surface area contributed by atoms with Crippen molar-refractivity contribution in [2.45, 2.75) is 55.4 Å². The Morgan fingerprint density at radius 1 is 1.00 bits per heavy atom. The molecular formula is C15H30N2. The molecule has 0 aromatic rings. The summed E-state index contributed by atoms with van der Waals surface area (Å²) in [5, 5.41) is 1.72. The molecule has 0 unspecified atom stereocenters. The van der Waals surface area contributed by atoms with Crippen molar-refractivity contribution in [3.05, 3.63) is 22.9 Å². The van der Waals surface area contributed by atoms with Crippen LogP contribution in [-0.2, 0) is 0 Å². The predicted molar refractivity (Wildman–Crippen MR) is 77.3 cm³/mol. The van der Waals surface area contributed by atoms with Crippen LogP contribution < -0.4 is 5.84 Å². The number of allylic oxidation sites excluding steroid dienone is 4. The highest BCUT2D eigenvalue weighted by Crippen LogP contribution is 2.42. The van der Waals surface area contributed by atoms with Crippen molar-refractivity contribution in [3.8, 4) is 0 Å². The molecule has 0 amide bonds. The minimum Gasteiger partial charge on any atom is -0.318 e. The molecule has 0 aromatic heterocycles. The van der Waals surface area contributed by atoms with Crippen molar-refractivity contribution in [2.75, 3.05) is 7.05 Å². The van der Waals surface area contributed by atoms with E-state index in [4.69, 9.17) is 5.84 Å². The van der Waals surface area contributed by atoms with Gasteiger partial charge in [0.25, 0.3) is 0 Å². The van der Waals surface area contributed by atoms with Gasteiger partial charge in [-0.1, -0.05) is 47.6 Å². The summed E-state index contributed by atoms with van der Waals surface area (Å²) < 4.78 is 0. The minimum absolute atomic E-state index is 0.0901. The summed E-state index contributed by atoms with van der Waals surface area (Å²) in [4.78, 5) is 0. The van der Waals surface area contributed by atoms with E-state index in [0.29, 0.717) is 0 Å². The van der Waals surface area contributed by atoms with Crippen LogP contribution in [-0.4, -0.2) is 12.1 Å². The fourth-order valence-corrected chi connectivity index (χ4v) is 2.27. The van der Waals surface area contributed by atoms with Crippen LogP contribution in [0.1, 0.15) is 55.4 Å². The van der Waals surface area contributed by atoms with Gasteiger partial charge in [0.05, 0.1) is 0 Å². The quantitative estimate of drug-likeness (QED) is 0.446. The molecule has 2 nitrogen and oxygen atoms in total. The van der Waals surface area contributed by atoms with E-state index in [-0.39, 0.29) is 10.8 Å². The van der Waals surface area contributed by atoms with Gasteiger partial charge in [0.2, 0.25) is 0 Å². The van der Waals surface area contributed by atoms with Gasteiger partial charge in [-0.3, -0.25) is 0 Å². The van der Waals surface area contributed by atoms with E-state index < -0.39 is 0 Å². The molecule has 0 saturated heterocycles. The van der Waals surface area contributed by atoms with Crippen molar-refractivity contribution in [3.63, 3.8) is 0 Å². The van der Waals surface area contributed by atoms with Crippen molar-refractivity contribution in [2.24, 2.45) is 16.7 Å². The fraction of sp³-hybridized carbons (Fsp3) is 0.733. The van der Waals surface area contributed by atoms with Gasteiger partial charge in [0.1, 0.15) is 0 Å². The first-order valence-electron chi connectivity index (χ1n) is 6.30. The maximum Gasteiger partial charge on any atom is 0.0297 e. The summed E-state index contributed by atoms with van der Waals surface area (Å²) in [6.45, 7) is 17.7. The van der Waals surface area contributed by atoms with Gasteiger partial charge in [0.15, 0.2) is 0 Å². The molecule has 0 saturated carbocycles. The predicted octanol–water partition coefficient (Wildman–Crippen LogP) is 4.10. The molecule has 0 rings (SSSR count). The normalized spacial score (nSPS) is 15.8. The molecule has 2 heteroatoms. The zero-order valence-electron chi connectivity index (χ0n) is 13.1. The monoisotopic (exact) mass is 238 g/mol. The van der Waals surface area contributed by atoms with Gasteiger partial charge in [-0.05, 0) is 35.8 Å². The second-order valence-corrected chi connectivity index (χ2v) is 6.77. The molecule has 2 N–H and O–H groups in total. The first kappa shape index (κ1) is 16.2. The Morgan fingerprint density at radius 2 is 1.41 bits per heavy atom. The largest absolute Gasteiger partial charge is 0.318 e. The van der Waals surface area contributed by atoms with Crippen molar-refractivity contribution >= 4 is 0 Å². The van der Waals surface area contributed by atoms with Crippen LogP contribution in [0, 0.1) is 10.8 Å². The molecule has 100 valence electrons. The third-order valence-corrected chi connectivity index (χ3v) is 3.01. The van der Waals surface area contributed by atoms with Crippen LogP contribution in [0.25, 0.3) is 0 Å². The lowest BCUT2D eigenvalue weighted by molar-refractivity contribution is 0.388. The Labute approximate surface area is 108 Å². The van der Waals surface area contributed by atoms with Crippen LogP contribution in [0.2, 0.25) is 0 Å². The summed E-state index contributed by atoms with van der Waals surface area (Å²) in [7, 11) is 1.90. The molecular weight excluding hydrogens is 208 g/mol. The fourth-order valence-electron chi connectivity index (χ4n) is 2.27. The summed E-state index contributed by atoms with van der Waals surface area (Å²) in [6, 6.07) is 0. The average Bonchev–Trinajstić information content (AvgIpc) is 2.08. The maximum atomic E-state index is 5.92. The molecule has 0 aromatic carbocycles. The van der Waals surface area contributed by atoms with Gasteiger partial charge >= 0.3 is 0 Å². The SMILES string of the molecule is C/C=C(\C(=C(\C)N(C)N)C(C)(C)C)C(C)(C)C. The Bertz CT molecular complexity index is 320. The molecule has 0 fully saturated rings. The molecule has 0 radical (unpaired) electrons. The van der Waals surface area contributed by atoms with Crippen molar-refractivity contribution < 1.29 is 0 Å². The van der Waals surface area contributed by atoms with Crippen LogP contribution in [0.3, 0.4) is 0 Å². The van der Waals surface area contributed by atoms with Crippen LogP contribution in [0.15, 0.2) is 22.9 Å². The molecule has 0 aliphatic carbocycles. The first-order valence-corrected chi connectivity index (χ1v) is 6.30. The number of hydrogen-bond donors (Lipinski definition) is 1. The second kappa shape index (κ2) is 5.26. The van der Waals surface area contributed by atoms with E-state index in [9.17, 15) is 0 Å². The molecule has 0 spiro atoms. The summed E-state index contributed by atoms with van der Waals surface area (Å²) in [6.07, 6.45) is 2.22. The topological polar surface area (TPSA) is 29.3 Å². The standard InChI is InChI=1S/C15H30N2/c1-10-12(14(3,4)5)13(15(6,7)8)11(2)17(9)16/h10H,16H2,1-9H3/b12-10+,13-11+. The van der Waals surface area contributed by atoms with Gasteiger partial charge in [-0.25, -0.2) is 5.84 Å². The first-order chi connectivity index (χ1) is 7.42. The smallest absolute Gasteiger partial charge is 0.0297 e. The second-order valence-electron chi connectivity index (χ2n) is 6.77. The Hall–Kier alpha value is -0.760. The van der Waals surface area contributed by atoms with E-state index in [1.165, 1.54) is 11.1 Å². The van der Waals surface area contributed by atoms with E-state index in [1.807, 2.05) is 7.05 Å². The van der Waals surface area contributed by atoms with E-state index in [2.05, 4.69) is 61.5 Å². The van der Waals surface area contributed by atoms with Crippen LogP contribution >= 0.6 is 0 Å². The Morgan fingerprint density at radius 3 is 1.59 bits per heavy atom. The lowest BCUT2D eigenvalue weighted by atomic mass is 9.71. The Kier molecular flexibility index (Phi) is 5.02. The van der Waals surface area contributed by atoms with Crippen LogP contribution in [0.5, 0.6) is 0 Å². The highest BCUT2D eigenvalue weighted by Gasteiger charge is 2.29. The molecule has 0 bridgehead atoms. The van der Waals surface area contributed by atoms with Crippen molar-refractivity contribution in [1.29, 1.82) is 0 Å². The number of hydrogen-bond acceptors (Lipinski definition) is 2. The number of nitrogens with two attached hydrogens (primary N) is 1. The zero-order valence-corrected chi connectivity index (χ0v) is 13.1. The number of nitrogens with zero attached hydrogens (tertiary/aromatic N) is 1. The molecule has 0 aliphatic heterocycles. The highest BCUT2D eigenvalue weighted by molar-refractivity contribution is 5.41. The molecule has 0 atom stereocenters. The van der Waals surface area contributed by atoms with E-state index >= 15 is 0 Å². The maximum absolute atomic E-state index is 5.92. The number of hydrazine groups is 1. The van der Waals surface area contributed by atoms with Gasteiger partial charge < -0.3 is 5.01 Å². The lowest BCUT2D eigenvalue weighted by Crippen LogP contribution is -2.30. The van der Waals surface area contributed by atoms with Gasteiger partial charge in [-0.15, -0.1) is 0 Å². The van der Waals surface area contributed by atoms with Crippen molar-refractivity contribution in [1.82, 2.24) is 5.01 Å². The summed E-state index contributed by atoms with van der Waals surface area (Å²) in [5.41, 5.74) is 4.08. The minimum atomic E-state index is 0.0901. The highest BCUT2D eigenvalue weighted by atomic mass is 15.4. The summed E-state index contributed by atoms with van der Waals surface area (Å²) in [5.74, 6) is 5.92. The van der Waals surface area contributed by atoms with Crippen LogP contribution in [0.4, 0.5) is 0 Å². The number of rotatable bonds is 2. The molecule has 0 heterocycles. The van der Waals surface area contributed by atoms with E-state index in [0.717, 1.165) is 5.70 Å².